The second-order valence-corrected chi connectivity index (χ2v) is 6.77. The summed E-state index contributed by atoms with van der Waals surface area (Å²) >= 11 is 0. The van der Waals surface area contributed by atoms with E-state index < -0.39 is 14.9 Å². The van der Waals surface area contributed by atoms with E-state index in [1.807, 2.05) is 0 Å². The van der Waals surface area contributed by atoms with E-state index in [2.05, 4.69) is 0 Å². The molecule has 0 unspecified atom stereocenters. The maximum atomic E-state index is 11.4. The van der Waals surface area contributed by atoms with Crippen LogP contribution in [0.5, 0.6) is 0 Å². The highest BCUT2D eigenvalue weighted by Crippen LogP contribution is 2.29. The van der Waals surface area contributed by atoms with Gasteiger partial charge in [-0.25, -0.2) is 12.7 Å². The highest BCUT2D eigenvalue weighted by atomic mass is 32.2. The smallest absolute Gasteiger partial charge is 0.258 e. The van der Waals surface area contributed by atoms with E-state index in [1.54, 1.807) is 12.1 Å². The molecule has 1 heterocycles. The van der Waals surface area contributed by atoms with Crippen molar-refractivity contribution in [3.05, 3.63) is 39.9 Å². The Morgan fingerprint density at radius 2 is 1.74 bits per heavy atom. The molecule has 1 aliphatic heterocycles. The highest BCUT2D eigenvalue weighted by molar-refractivity contribution is 7.88. The highest BCUT2D eigenvalue weighted by Gasteiger charge is 2.25. The fourth-order valence-corrected chi connectivity index (χ4v) is 3.26. The van der Waals surface area contributed by atoms with E-state index >= 15 is 0 Å². The number of sulfonamides is 1. The second-order valence-electron chi connectivity index (χ2n) is 4.78. The molecule has 1 saturated heterocycles. The lowest BCUT2D eigenvalue weighted by molar-refractivity contribution is -0.384. The standard InChI is InChI=1S/C12H16N2O4S/c1-19(17,18)13-8-6-11(7-9-13)10-2-4-12(5-3-10)14(15)16/h2-5,11H,6-9H2,1H3. The molecule has 0 aromatic heterocycles. The van der Waals surface area contributed by atoms with Crippen molar-refractivity contribution in [3.8, 4) is 0 Å². The Bertz CT molecular complexity index is 560. The number of hydrogen-bond acceptors (Lipinski definition) is 4. The van der Waals surface area contributed by atoms with Gasteiger partial charge >= 0.3 is 0 Å². The Labute approximate surface area is 112 Å². The zero-order valence-corrected chi connectivity index (χ0v) is 11.5. The van der Waals surface area contributed by atoms with Gasteiger partial charge in [-0.15, -0.1) is 0 Å². The van der Waals surface area contributed by atoms with Gasteiger partial charge in [0.15, 0.2) is 0 Å². The molecule has 0 aliphatic carbocycles. The van der Waals surface area contributed by atoms with Gasteiger partial charge in [-0.05, 0) is 24.3 Å². The third-order valence-electron chi connectivity index (χ3n) is 3.50. The van der Waals surface area contributed by atoms with Crippen LogP contribution in [0.2, 0.25) is 0 Å². The van der Waals surface area contributed by atoms with Crippen LogP contribution in [-0.4, -0.2) is 37.0 Å². The van der Waals surface area contributed by atoms with Crippen LogP contribution in [0, 0.1) is 10.1 Å². The number of nitro groups is 1. The molecule has 7 heteroatoms. The van der Waals surface area contributed by atoms with Gasteiger partial charge < -0.3 is 0 Å². The van der Waals surface area contributed by atoms with Gasteiger partial charge in [0, 0.05) is 25.2 Å². The fourth-order valence-electron chi connectivity index (χ4n) is 2.39. The molecular formula is C12H16N2O4S. The van der Waals surface area contributed by atoms with Crippen molar-refractivity contribution in [1.82, 2.24) is 4.31 Å². The zero-order valence-electron chi connectivity index (χ0n) is 10.7. The lowest BCUT2D eigenvalue weighted by Crippen LogP contribution is -2.37. The molecule has 0 spiro atoms. The van der Waals surface area contributed by atoms with Crippen molar-refractivity contribution in [1.29, 1.82) is 0 Å². The average molecular weight is 284 g/mol. The van der Waals surface area contributed by atoms with Crippen LogP contribution in [0.4, 0.5) is 5.69 Å². The first-order valence-corrected chi connectivity index (χ1v) is 7.92. The van der Waals surface area contributed by atoms with Gasteiger partial charge in [0.1, 0.15) is 0 Å². The van der Waals surface area contributed by atoms with Gasteiger partial charge in [0.05, 0.1) is 11.2 Å². The van der Waals surface area contributed by atoms with E-state index in [0.717, 1.165) is 18.4 Å². The molecule has 1 aliphatic rings. The molecule has 1 fully saturated rings. The zero-order chi connectivity index (χ0) is 14.0. The molecule has 6 nitrogen and oxygen atoms in total. The summed E-state index contributed by atoms with van der Waals surface area (Å²) in [6, 6.07) is 6.52. The Hall–Kier alpha value is -1.47. The molecule has 19 heavy (non-hydrogen) atoms. The summed E-state index contributed by atoms with van der Waals surface area (Å²) in [5, 5.41) is 10.6. The Morgan fingerprint density at radius 3 is 2.16 bits per heavy atom. The normalized spacial score (nSPS) is 18.4. The molecule has 0 atom stereocenters. The topological polar surface area (TPSA) is 80.5 Å². The van der Waals surface area contributed by atoms with E-state index in [1.165, 1.54) is 22.7 Å². The van der Waals surface area contributed by atoms with Crippen LogP contribution in [-0.2, 0) is 10.0 Å². The van der Waals surface area contributed by atoms with Gasteiger partial charge in [-0.3, -0.25) is 10.1 Å². The molecule has 1 aromatic carbocycles. The molecular weight excluding hydrogens is 268 g/mol. The fraction of sp³-hybridized carbons (Fsp3) is 0.500. The lowest BCUT2D eigenvalue weighted by Gasteiger charge is -2.30. The maximum Gasteiger partial charge on any atom is 0.269 e. The first-order chi connectivity index (χ1) is 8.88. The third-order valence-corrected chi connectivity index (χ3v) is 4.80. The van der Waals surface area contributed by atoms with Crippen LogP contribution >= 0.6 is 0 Å². The van der Waals surface area contributed by atoms with E-state index in [9.17, 15) is 18.5 Å². The molecule has 2 rings (SSSR count). The summed E-state index contributed by atoms with van der Waals surface area (Å²) in [5.41, 5.74) is 1.12. The minimum Gasteiger partial charge on any atom is -0.258 e. The van der Waals surface area contributed by atoms with Crippen molar-refractivity contribution < 1.29 is 13.3 Å². The van der Waals surface area contributed by atoms with Crippen LogP contribution in [0.25, 0.3) is 0 Å². The predicted molar refractivity (Wildman–Crippen MR) is 71.5 cm³/mol. The van der Waals surface area contributed by atoms with Crippen molar-refractivity contribution >= 4 is 15.7 Å². The number of piperidine rings is 1. The predicted octanol–water partition coefficient (Wildman–Crippen LogP) is 1.73. The summed E-state index contributed by atoms with van der Waals surface area (Å²) in [4.78, 5) is 10.2. The molecule has 0 N–H and O–H groups in total. The minimum atomic E-state index is -3.11. The summed E-state index contributed by atoms with van der Waals surface area (Å²) in [6.07, 6.45) is 2.73. The first kappa shape index (κ1) is 14.0. The summed E-state index contributed by atoms with van der Waals surface area (Å²) in [6.45, 7) is 1.03. The number of rotatable bonds is 3. The van der Waals surface area contributed by atoms with Crippen molar-refractivity contribution in [2.75, 3.05) is 19.3 Å². The van der Waals surface area contributed by atoms with E-state index in [-0.39, 0.29) is 11.6 Å². The molecule has 0 saturated carbocycles. The van der Waals surface area contributed by atoms with Gasteiger partial charge in [-0.2, -0.15) is 0 Å². The third kappa shape index (κ3) is 3.30. The number of nitrogens with zero attached hydrogens (tertiary/aromatic N) is 2. The van der Waals surface area contributed by atoms with Gasteiger partial charge in [0.2, 0.25) is 10.0 Å². The molecule has 0 bridgehead atoms. The van der Waals surface area contributed by atoms with E-state index in [0.29, 0.717) is 13.1 Å². The summed E-state index contributed by atoms with van der Waals surface area (Å²) < 4.78 is 24.3. The number of nitro benzene ring substituents is 1. The molecule has 0 radical (unpaired) electrons. The monoisotopic (exact) mass is 284 g/mol. The number of benzene rings is 1. The van der Waals surface area contributed by atoms with Gasteiger partial charge in [-0.1, -0.05) is 12.1 Å². The van der Waals surface area contributed by atoms with Crippen LogP contribution in [0.15, 0.2) is 24.3 Å². The lowest BCUT2D eigenvalue weighted by atomic mass is 9.90. The summed E-state index contributed by atoms with van der Waals surface area (Å²) in [5.74, 6) is 0.277. The minimum absolute atomic E-state index is 0.0809. The average Bonchev–Trinajstić information content (AvgIpc) is 2.38. The van der Waals surface area contributed by atoms with Gasteiger partial charge in [0.25, 0.3) is 5.69 Å². The molecule has 0 amide bonds. The van der Waals surface area contributed by atoms with Crippen molar-refractivity contribution in [2.24, 2.45) is 0 Å². The second kappa shape index (κ2) is 5.26. The van der Waals surface area contributed by atoms with Crippen LogP contribution in [0.3, 0.4) is 0 Å². The SMILES string of the molecule is CS(=O)(=O)N1CCC(c2ccc([N+](=O)[O-])cc2)CC1. The Kier molecular flexibility index (Phi) is 3.86. The molecule has 104 valence electrons. The van der Waals surface area contributed by atoms with Crippen LogP contribution < -0.4 is 0 Å². The quantitative estimate of drug-likeness (QED) is 0.625. The number of non-ortho nitro benzene ring substituents is 1. The molecule has 1 aromatic rings. The van der Waals surface area contributed by atoms with Crippen molar-refractivity contribution in [3.63, 3.8) is 0 Å². The largest absolute Gasteiger partial charge is 0.269 e. The first-order valence-electron chi connectivity index (χ1n) is 6.07. The maximum absolute atomic E-state index is 11.4. The Morgan fingerprint density at radius 1 is 1.21 bits per heavy atom. The van der Waals surface area contributed by atoms with E-state index in [4.69, 9.17) is 0 Å². The summed E-state index contributed by atoms with van der Waals surface area (Å²) in [7, 11) is -3.11. The van der Waals surface area contributed by atoms with Crippen LogP contribution in [0.1, 0.15) is 24.3 Å². The number of hydrogen-bond donors (Lipinski definition) is 0. The van der Waals surface area contributed by atoms with Crippen molar-refractivity contribution in [2.45, 2.75) is 18.8 Å². The Balaban J connectivity index is 2.03.